The first-order valence-electron chi connectivity index (χ1n) is 10.6. The molecule has 3 unspecified atom stereocenters. The van der Waals surface area contributed by atoms with Gasteiger partial charge >= 0.3 is 0 Å². The summed E-state index contributed by atoms with van der Waals surface area (Å²) >= 11 is 0. The largest absolute Gasteiger partial charge is 0.373 e. The molecule has 3 rings (SSSR count). The molecule has 158 valence electrons. The Balaban J connectivity index is 1.47. The molecule has 1 aliphatic heterocycles. The minimum atomic E-state index is -0.0228. The van der Waals surface area contributed by atoms with Crippen LogP contribution in [-0.4, -0.2) is 52.4 Å². The number of morpholine rings is 1. The van der Waals surface area contributed by atoms with Crippen molar-refractivity contribution in [2.24, 2.45) is 5.92 Å². The van der Waals surface area contributed by atoms with E-state index in [1.54, 1.807) is 0 Å². The fourth-order valence-corrected chi connectivity index (χ4v) is 4.02. The van der Waals surface area contributed by atoms with Gasteiger partial charge in [-0.1, -0.05) is 19.1 Å². The standard InChI is InChI=1S/C23H34N4O2/c1-16(12-27-18(3)10-17(2)25-27)11-24-23(28)22-8-6-21(7-9-22)15-26-13-19(4)29-20(5)14-26/h6-10,16,19-20H,11-15H2,1-5H3,(H,24,28). The van der Waals surface area contributed by atoms with Crippen LogP contribution >= 0.6 is 0 Å². The summed E-state index contributed by atoms with van der Waals surface area (Å²) in [6, 6.07) is 10.0. The Morgan fingerprint density at radius 3 is 2.45 bits per heavy atom. The monoisotopic (exact) mass is 398 g/mol. The summed E-state index contributed by atoms with van der Waals surface area (Å²) in [6.07, 6.45) is 0.528. The van der Waals surface area contributed by atoms with Crippen LogP contribution in [0.2, 0.25) is 0 Å². The summed E-state index contributed by atoms with van der Waals surface area (Å²) in [6.45, 7) is 14.6. The maximum absolute atomic E-state index is 12.5. The van der Waals surface area contributed by atoms with Gasteiger partial charge in [0.15, 0.2) is 0 Å². The van der Waals surface area contributed by atoms with E-state index in [0.717, 1.165) is 37.6 Å². The van der Waals surface area contributed by atoms with Gasteiger partial charge in [0.25, 0.3) is 5.91 Å². The van der Waals surface area contributed by atoms with Crippen LogP contribution in [0.5, 0.6) is 0 Å². The van der Waals surface area contributed by atoms with Crippen molar-refractivity contribution in [2.75, 3.05) is 19.6 Å². The molecule has 0 saturated carbocycles. The Labute approximate surface area is 174 Å². The zero-order valence-corrected chi connectivity index (χ0v) is 18.3. The molecule has 0 radical (unpaired) electrons. The number of nitrogens with one attached hydrogen (secondary N) is 1. The SMILES string of the molecule is Cc1cc(C)n(CC(C)CNC(=O)c2ccc(CN3CC(C)OC(C)C3)cc2)n1. The number of nitrogens with zero attached hydrogens (tertiary/aromatic N) is 3. The molecule has 6 heteroatoms. The highest BCUT2D eigenvalue weighted by atomic mass is 16.5. The third kappa shape index (κ3) is 6.15. The molecule has 1 amide bonds. The molecule has 6 nitrogen and oxygen atoms in total. The number of amides is 1. The van der Waals surface area contributed by atoms with E-state index < -0.39 is 0 Å². The first-order chi connectivity index (χ1) is 13.8. The van der Waals surface area contributed by atoms with Gasteiger partial charge in [-0.15, -0.1) is 0 Å². The molecule has 0 aliphatic carbocycles. The first kappa shape index (κ1) is 21.5. The number of aromatic nitrogens is 2. The second-order valence-corrected chi connectivity index (χ2v) is 8.57. The van der Waals surface area contributed by atoms with Crippen LogP contribution in [0.25, 0.3) is 0 Å². The molecule has 1 aromatic carbocycles. The molecule has 1 aromatic heterocycles. The van der Waals surface area contributed by atoms with Crippen molar-refractivity contribution in [2.45, 2.75) is 59.9 Å². The van der Waals surface area contributed by atoms with Crippen molar-refractivity contribution in [3.05, 3.63) is 52.8 Å². The van der Waals surface area contributed by atoms with E-state index in [1.807, 2.05) is 23.7 Å². The Kier molecular flexibility index (Phi) is 7.09. The number of rotatable bonds is 7. The van der Waals surface area contributed by atoms with E-state index in [1.165, 1.54) is 5.56 Å². The summed E-state index contributed by atoms with van der Waals surface area (Å²) in [5.74, 6) is 0.284. The zero-order valence-electron chi connectivity index (χ0n) is 18.3. The highest BCUT2D eigenvalue weighted by Crippen LogP contribution is 2.15. The number of aryl methyl sites for hydroxylation is 2. The van der Waals surface area contributed by atoms with Crippen molar-refractivity contribution in [3.63, 3.8) is 0 Å². The summed E-state index contributed by atoms with van der Waals surface area (Å²) in [5, 5.41) is 7.55. The van der Waals surface area contributed by atoms with Crippen molar-refractivity contribution in [1.82, 2.24) is 20.0 Å². The van der Waals surface area contributed by atoms with E-state index in [2.05, 4.69) is 61.2 Å². The molecule has 1 aliphatic rings. The van der Waals surface area contributed by atoms with Gasteiger partial charge in [-0.2, -0.15) is 5.10 Å². The molecule has 29 heavy (non-hydrogen) atoms. The maximum Gasteiger partial charge on any atom is 0.251 e. The fraction of sp³-hybridized carbons (Fsp3) is 0.565. The lowest BCUT2D eigenvalue weighted by atomic mass is 10.1. The summed E-state index contributed by atoms with van der Waals surface area (Å²) in [7, 11) is 0. The van der Waals surface area contributed by atoms with E-state index >= 15 is 0 Å². The van der Waals surface area contributed by atoms with Crippen LogP contribution in [0.1, 0.15) is 48.1 Å². The number of hydrogen-bond donors (Lipinski definition) is 1. The molecule has 0 bridgehead atoms. The van der Waals surface area contributed by atoms with E-state index in [9.17, 15) is 4.79 Å². The summed E-state index contributed by atoms with van der Waals surface area (Å²) in [4.78, 5) is 14.9. The Morgan fingerprint density at radius 2 is 1.86 bits per heavy atom. The quantitative estimate of drug-likeness (QED) is 0.778. The molecule has 2 aromatic rings. The molecular weight excluding hydrogens is 364 g/mol. The molecule has 0 spiro atoms. The van der Waals surface area contributed by atoms with Crippen molar-refractivity contribution < 1.29 is 9.53 Å². The maximum atomic E-state index is 12.5. The number of ether oxygens (including phenoxy) is 1. The minimum Gasteiger partial charge on any atom is -0.373 e. The normalized spacial score (nSPS) is 21.1. The summed E-state index contributed by atoms with van der Waals surface area (Å²) in [5.41, 5.74) is 4.11. The minimum absolute atomic E-state index is 0.0228. The van der Waals surface area contributed by atoms with Crippen molar-refractivity contribution in [3.8, 4) is 0 Å². The smallest absolute Gasteiger partial charge is 0.251 e. The topological polar surface area (TPSA) is 59.4 Å². The highest BCUT2D eigenvalue weighted by Gasteiger charge is 2.22. The van der Waals surface area contributed by atoms with Crippen LogP contribution < -0.4 is 5.32 Å². The lowest BCUT2D eigenvalue weighted by Gasteiger charge is -2.35. The van der Waals surface area contributed by atoms with Crippen LogP contribution in [0.15, 0.2) is 30.3 Å². The molecule has 2 heterocycles. The van der Waals surface area contributed by atoms with Gasteiger partial charge in [0.05, 0.1) is 17.9 Å². The average molecular weight is 399 g/mol. The van der Waals surface area contributed by atoms with Crippen LogP contribution in [0, 0.1) is 19.8 Å². The number of benzene rings is 1. The van der Waals surface area contributed by atoms with Gasteiger partial charge in [0.1, 0.15) is 0 Å². The number of carbonyl (C=O) groups excluding carboxylic acids is 1. The van der Waals surface area contributed by atoms with E-state index in [-0.39, 0.29) is 18.1 Å². The molecule has 1 N–H and O–H groups in total. The van der Waals surface area contributed by atoms with Gasteiger partial charge in [-0.3, -0.25) is 14.4 Å². The Hall–Kier alpha value is -2.18. The second-order valence-electron chi connectivity index (χ2n) is 8.57. The number of carbonyl (C=O) groups is 1. The highest BCUT2D eigenvalue weighted by molar-refractivity contribution is 5.94. The third-order valence-electron chi connectivity index (χ3n) is 5.32. The lowest BCUT2D eigenvalue weighted by molar-refractivity contribution is -0.0704. The number of hydrogen-bond acceptors (Lipinski definition) is 4. The summed E-state index contributed by atoms with van der Waals surface area (Å²) < 4.78 is 7.80. The predicted molar refractivity (Wildman–Crippen MR) is 115 cm³/mol. The molecule has 3 atom stereocenters. The lowest BCUT2D eigenvalue weighted by Crippen LogP contribution is -2.44. The van der Waals surface area contributed by atoms with Gasteiger partial charge < -0.3 is 10.1 Å². The Morgan fingerprint density at radius 1 is 1.21 bits per heavy atom. The van der Waals surface area contributed by atoms with Crippen LogP contribution in [0.4, 0.5) is 0 Å². The van der Waals surface area contributed by atoms with Crippen molar-refractivity contribution in [1.29, 1.82) is 0 Å². The second kappa shape index (κ2) is 9.55. The third-order valence-corrected chi connectivity index (χ3v) is 5.32. The fourth-order valence-electron chi connectivity index (χ4n) is 4.02. The first-order valence-corrected chi connectivity index (χ1v) is 10.6. The van der Waals surface area contributed by atoms with Gasteiger partial charge in [0, 0.05) is 44.0 Å². The zero-order chi connectivity index (χ0) is 21.0. The molecule has 1 saturated heterocycles. The Bertz CT molecular complexity index is 805. The molecular formula is C23H34N4O2. The van der Waals surface area contributed by atoms with Gasteiger partial charge in [0.2, 0.25) is 0 Å². The van der Waals surface area contributed by atoms with E-state index in [0.29, 0.717) is 18.0 Å². The average Bonchev–Trinajstić information content (AvgIpc) is 2.96. The van der Waals surface area contributed by atoms with Gasteiger partial charge in [-0.25, -0.2) is 0 Å². The van der Waals surface area contributed by atoms with E-state index in [4.69, 9.17) is 4.74 Å². The van der Waals surface area contributed by atoms with Crippen LogP contribution in [0.3, 0.4) is 0 Å². The van der Waals surface area contributed by atoms with Crippen molar-refractivity contribution >= 4 is 5.91 Å². The van der Waals surface area contributed by atoms with Crippen LogP contribution in [-0.2, 0) is 17.8 Å². The van der Waals surface area contributed by atoms with Gasteiger partial charge in [-0.05, 0) is 57.4 Å². The molecule has 1 fully saturated rings. The predicted octanol–water partition coefficient (Wildman–Crippen LogP) is 3.18.